The lowest BCUT2D eigenvalue weighted by molar-refractivity contribution is -0.141. The Kier molecular flexibility index (Phi) is 7.29. The Morgan fingerprint density at radius 2 is 1.76 bits per heavy atom. The number of thioether (sulfide) groups is 1. The molecule has 1 aliphatic rings. The predicted octanol–water partition coefficient (Wildman–Crippen LogP) is 3.08. The van der Waals surface area contributed by atoms with Crippen molar-refractivity contribution in [3.8, 4) is 5.69 Å². The summed E-state index contributed by atoms with van der Waals surface area (Å²) in [6, 6.07) is 16.4. The second kappa shape index (κ2) is 10.5. The van der Waals surface area contributed by atoms with Gasteiger partial charge in [0.05, 0.1) is 11.4 Å². The highest BCUT2D eigenvalue weighted by Crippen LogP contribution is 2.28. The number of hydrogen-bond donors (Lipinski definition) is 2. The molecule has 2 aromatic carbocycles. The van der Waals surface area contributed by atoms with Crippen LogP contribution in [0.15, 0.2) is 59.8 Å². The number of anilines is 1. The number of amides is 1. The van der Waals surface area contributed by atoms with Crippen LogP contribution in [0.1, 0.15) is 24.0 Å². The van der Waals surface area contributed by atoms with Crippen LogP contribution >= 0.6 is 11.8 Å². The van der Waals surface area contributed by atoms with Crippen LogP contribution in [0.4, 0.5) is 5.95 Å². The first kappa shape index (κ1) is 22.8. The highest BCUT2D eigenvalue weighted by molar-refractivity contribution is 7.99. The summed E-state index contributed by atoms with van der Waals surface area (Å²) < 4.78 is 1.97. The quantitative estimate of drug-likeness (QED) is 0.469. The first-order chi connectivity index (χ1) is 16.0. The van der Waals surface area contributed by atoms with Crippen LogP contribution < -0.4 is 10.2 Å². The van der Waals surface area contributed by atoms with Gasteiger partial charge in [0.2, 0.25) is 11.9 Å². The zero-order valence-corrected chi connectivity index (χ0v) is 19.3. The van der Waals surface area contributed by atoms with Crippen molar-refractivity contribution in [3.05, 3.63) is 65.7 Å². The molecule has 0 unspecified atom stereocenters. The maximum atomic E-state index is 12.6. The Balaban J connectivity index is 1.47. The predicted molar refractivity (Wildman–Crippen MR) is 128 cm³/mol. The van der Waals surface area contributed by atoms with Crippen molar-refractivity contribution in [1.82, 2.24) is 20.1 Å². The molecule has 8 nitrogen and oxygen atoms in total. The molecule has 4 rings (SSSR count). The first-order valence-corrected chi connectivity index (χ1v) is 12.0. The molecule has 9 heteroatoms. The Bertz CT molecular complexity index is 1100. The summed E-state index contributed by atoms with van der Waals surface area (Å²) in [4.78, 5) is 26.5. The molecule has 0 saturated carbocycles. The Labute approximate surface area is 197 Å². The summed E-state index contributed by atoms with van der Waals surface area (Å²) in [6.45, 7) is 3.88. The number of carbonyl (C=O) groups excluding carboxylic acids is 1. The van der Waals surface area contributed by atoms with E-state index in [2.05, 4.69) is 20.4 Å². The second-order valence-electron chi connectivity index (χ2n) is 8.08. The normalized spacial score (nSPS) is 14.3. The molecule has 1 fully saturated rings. The Hall–Kier alpha value is -3.33. The smallest absolute Gasteiger partial charge is 0.326 e. The molecule has 1 aromatic heterocycles. The van der Waals surface area contributed by atoms with Crippen LogP contribution in [0.2, 0.25) is 0 Å². The fourth-order valence-electron chi connectivity index (χ4n) is 3.81. The molecule has 172 valence electrons. The zero-order chi connectivity index (χ0) is 23.2. The fourth-order valence-corrected chi connectivity index (χ4v) is 4.57. The lowest BCUT2D eigenvalue weighted by atomic mass is 10.1. The number of aliphatic carboxylic acids is 1. The van der Waals surface area contributed by atoms with Gasteiger partial charge >= 0.3 is 5.97 Å². The van der Waals surface area contributed by atoms with Gasteiger partial charge in [-0.2, -0.15) is 0 Å². The zero-order valence-electron chi connectivity index (χ0n) is 18.5. The maximum Gasteiger partial charge on any atom is 0.326 e. The van der Waals surface area contributed by atoms with Crippen molar-refractivity contribution >= 4 is 29.6 Å². The van der Waals surface area contributed by atoms with E-state index in [4.69, 9.17) is 0 Å². The number of nitrogens with zero attached hydrogens (tertiary/aromatic N) is 4. The molecular formula is C24H27N5O3S. The largest absolute Gasteiger partial charge is 0.480 e. The van der Waals surface area contributed by atoms with Gasteiger partial charge in [-0.3, -0.25) is 9.36 Å². The highest BCUT2D eigenvalue weighted by Gasteiger charge is 2.24. The molecule has 2 N–H and O–H groups in total. The van der Waals surface area contributed by atoms with Crippen molar-refractivity contribution in [3.63, 3.8) is 0 Å². The first-order valence-electron chi connectivity index (χ1n) is 11.0. The van der Waals surface area contributed by atoms with E-state index in [1.807, 2.05) is 66.1 Å². The maximum absolute atomic E-state index is 12.6. The summed E-state index contributed by atoms with van der Waals surface area (Å²) in [7, 11) is 0. The number of rotatable bonds is 9. The molecule has 0 radical (unpaired) electrons. The Morgan fingerprint density at radius 1 is 1.06 bits per heavy atom. The van der Waals surface area contributed by atoms with E-state index in [1.165, 1.54) is 11.8 Å². The van der Waals surface area contributed by atoms with E-state index in [1.54, 1.807) is 0 Å². The summed E-state index contributed by atoms with van der Waals surface area (Å²) in [5.74, 6) is -0.602. The van der Waals surface area contributed by atoms with E-state index >= 15 is 0 Å². The van der Waals surface area contributed by atoms with E-state index < -0.39 is 12.0 Å². The van der Waals surface area contributed by atoms with Gasteiger partial charge in [-0.1, -0.05) is 59.8 Å². The molecule has 0 spiro atoms. The number of nitrogens with one attached hydrogen (secondary N) is 1. The van der Waals surface area contributed by atoms with E-state index in [0.29, 0.717) is 5.16 Å². The number of carboxylic acids is 1. The van der Waals surface area contributed by atoms with Crippen LogP contribution in [-0.2, 0) is 16.0 Å². The molecule has 2 heterocycles. The van der Waals surface area contributed by atoms with Gasteiger partial charge in [0, 0.05) is 19.5 Å². The van der Waals surface area contributed by atoms with Crippen molar-refractivity contribution in [2.45, 2.75) is 37.4 Å². The fraction of sp³-hybridized carbons (Fsp3) is 0.333. The summed E-state index contributed by atoms with van der Waals surface area (Å²) in [6.07, 6.45) is 2.46. The lowest BCUT2D eigenvalue weighted by Crippen LogP contribution is -2.43. The molecular weight excluding hydrogens is 438 g/mol. The summed E-state index contributed by atoms with van der Waals surface area (Å²) in [5.41, 5.74) is 2.94. The standard InChI is InChI=1S/C24H27N5O3S/c1-17-9-11-19(12-10-17)29-23(28-13-5-6-14-28)26-27-24(29)33-16-21(30)25-20(22(31)32)15-18-7-3-2-4-8-18/h2-4,7-12,20H,5-6,13-16H2,1H3,(H,25,30)(H,31,32)/t20-/m0/s1. The van der Waals surface area contributed by atoms with Gasteiger partial charge in [-0.25, -0.2) is 4.79 Å². The SMILES string of the molecule is Cc1ccc(-n2c(SCC(=O)N[C@@H](Cc3ccccc3)C(=O)O)nnc2N2CCCC2)cc1. The van der Waals surface area contributed by atoms with Gasteiger partial charge in [0.15, 0.2) is 5.16 Å². The van der Waals surface area contributed by atoms with Crippen LogP contribution in [0.3, 0.4) is 0 Å². The van der Waals surface area contributed by atoms with Gasteiger partial charge in [0.25, 0.3) is 0 Å². The third kappa shape index (κ3) is 5.73. The van der Waals surface area contributed by atoms with Crippen molar-refractivity contribution < 1.29 is 14.7 Å². The number of carboxylic acid groups (broad SMARTS) is 1. The van der Waals surface area contributed by atoms with Crippen molar-refractivity contribution in [2.24, 2.45) is 0 Å². The second-order valence-corrected chi connectivity index (χ2v) is 9.03. The minimum Gasteiger partial charge on any atom is -0.480 e. The average molecular weight is 466 g/mol. The minimum atomic E-state index is -1.06. The third-order valence-electron chi connectivity index (χ3n) is 5.55. The average Bonchev–Trinajstić information content (AvgIpc) is 3.48. The number of aromatic nitrogens is 3. The molecule has 0 aliphatic carbocycles. The van der Waals surface area contributed by atoms with Crippen LogP contribution in [0.5, 0.6) is 0 Å². The number of aryl methyl sites for hydroxylation is 1. The molecule has 0 bridgehead atoms. The highest BCUT2D eigenvalue weighted by atomic mass is 32.2. The molecule has 1 aliphatic heterocycles. The lowest BCUT2D eigenvalue weighted by Gasteiger charge is -2.18. The molecule has 1 amide bonds. The van der Waals surface area contributed by atoms with Crippen LogP contribution in [-0.4, -0.2) is 56.6 Å². The van der Waals surface area contributed by atoms with Crippen molar-refractivity contribution in [1.29, 1.82) is 0 Å². The summed E-state index contributed by atoms with van der Waals surface area (Å²) in [5, 5.41) is 21.6. The van der Waals surface area contributed by atoms with E-state index in [0.717, 1.165) is 48.7 Å². The minimum absolute atomic E-state index is 0.0442. The molecule has 1 saturated heterocycles. The third-order valence-corrected chi connectivity index (χ3v) is 6.47. The van der Waals surface area contributed by atoms with E-state index in [9.17, 15) is 14.7 Å². The Morgan fingerprint density at radius 3 is 2.42 bits per heavy atom. The molecule has 33 heavy (non-hydrogen) atoms. The van der Waals surface area contributed by atoms with E-state index in [-0.39, 0.29) is 18.1 Å². The van der Waals surface area contributed by atoms with Crippen LogP contribution in [0.25, 0.3) is 5.69 Å². The number of benzene rings is 2. The van der Waals surface area contributed by atoms with Gasteiger partial charge in [-0.15, -0.1) is 10.2 Å². The van der Waals surface area contributed by atoms with Crippen molar-refractivity contribution in [2.75, 3.05) is 23.7 Å². The number of hydrogen-bond acceptors (Lipinski definition) is 6. The van der Waals surface area contributed by atoms with Gasteiger partial charge in [0.1, 0.15) is 6.04 Å². The molecule has 3 aromatic rings. The van der Waals surface area contributed by atoms with Gasteiger partial charge < -0.3 is 15.3 Å². The monoisotopic (exact) mass is 465 g/mol. The number of carbonyl (C=O) groups is 2. The van der Waals surface area contributed by atoms with Gasteiger partial charge in [-0.05, 0) is 37.5 Å². The topological polar surface area (TPSA) is 100 Å². The summed E-state index contributed by atoms with van der Waals surface area (Å²) >= 11 is 1.25. The van der Waals surface area contributed by atoms with Crippen LogP contribution in [0, 0.1) is 6.92 Å². The molecule has 1 atom stereocenters.